The molecule has 0 aliphatic heterocycles. The summed E-state index contributed by atoms with van der Waals surface area (Å²) in [5.74, 6) is -0.582. The molecule has 0 radical (unpaired) electrons. The van der Waals surface area contributed by atoms with Gasteiger partial charge >= 0.3 is 11.9 Å². The van der Waals surface area contributed by atoms with Crippen LogP contribution in [0.3, 0.4) is 0 Å². The Morgan fingerprint density at radius 1 is 0.846 bits per heavy atom. The molecule has 0 aliphatic rings. The van der Waals surface area contributed by atoms with E-state index in [0.717, 1.165) is 0 Å². The standard InChI is InChI=1S/C22H26O4/c1-16(2)15-22(4,26-21(24)19-13-9-6-10-14-19)17(3)25-20(23)18-11-7-5-8-12-18/h5-14,16-17H,15H2,1-4H3. The number of hydrogen-bond acceptors (Lipinski definition) is 4. The Morgan fingerprint density at radius 2 is 1.31 bits per heavy atom. The first-order valence-corrected chi connectivity index (χ1v) is 8.86. The molecule has 2 aromatic carbocycles. The van der Waals surface area contributed by atoms with Gasteiger partial charge in [-0.15, -0.1) is 0 Å². The van der Waals surface area contributed by atoms with Crippen LogP contribution in [0.1, 0.15) is 54.8 Å². The van der Waals surface area contributed by atoms with Gasteiger partial charge in [-0.1, -0.05) is 50.2 Å². The van der Waals surface area contributed by atoms with Gasteiger partial charge in [0.2, 0.25) is 0 Å². The van der Waals surface area contributed by atoms with Crippen LogP contribution in [0, 0.1) is 5.92 Å². The third kappa shape index (κ3) is 5.19. The summed E-state index contributed by atoms with van der Waals surface area (Å²) in [5, 5.41) is 0. The second kappa shape index (κ2) is 8.65. The van der Waals surface area contributed by atoms with Crippen molar-refractivity contribution in [2.24, 2.45) is 5.92 Å². The Labute approximate surface area is 155 Å². The van der Waals surface area contributed by atoms with Gasteiger partial charge in [-0.2, -0.15) is 0 Å². The van der Waals surface area contributed by atoms with Crippen LogP contribution < -0.4 is 0 Å². The van der Waals surface area contributed by atoms with Gasteiger partial charge in [0.05, 0.1) is 11.1 Å². The van der Waals surface area contributed by atoms with Crippen LogP contribution in [0.15, 0.2) is 60.7 Å². The maximum atomic E-state index is 12.5. The van der Waals surface area contributed by atoms with Crippen LogP contribution >= 0.6 is 0 Å². The van der Waals surface area contributed by atoms with Crippen molar-refractivity contribution >= 4 is 11.9 Å². The third-order valence-electron chi connectivity index (χ3n) is 4.30. The number of benzene rings is 2. The van der Waals surface area contributed by atoms with E-state index in [0.29, 0.717) is 17.5 Å². The Bertz CT molecular complexity index is 724. The summed E-state index contributed by atoms with van der Waals surface area (Å²) in [6.07, 6.45) is -0.0142. The SMILES string of the molecule is CC(C)CC(C)(OC(=O)c1ccccc1)C(C)OC(=O)c1ccccc1. The van der Waals surface area contributed by atoms with Crippen LogP contribution in [0.4, 0.5) is 0 Å². The Morgan fingerprint density at radius 3 is 1.77 bits per heavy atom. The summed E-state index contributed by atoms with van der Waals surface area (Å²) in [7, 11) is 0. The first-order valence-electron chi connectivity index (χ1n) is 8.86. The van der Waals surface area contributed by atoms with Crippen molar-refractivity contribution in [3.63, 3.8) is 0 Å². The minimum Gasteiger partial charge on any atom is -0.455 e. The van der Waals surface area contributed by atoms with Crippen molar-refractivity contribution in [3.05, 3.63) is 71.8 Å². The van der Waals surface area contributed by atoms with Crippen molar-refractivity contribution < 1.29 is 19.1 Å². The second-order valence-electron chi connectivity index (χ2n) is 7.08. The molecule has 138 valence electrons. The molecule has 26 heavy (non-hydrogen) atoms. The molecule has 2 unspecified atom stereocenters. The van der Waals surface area contributed by atoms with E-state index in [2.05, 4.69) is 0 Å². The van der Waals surface area contributed by atoms with Gasteiger partial charge in [0.15, 0.2) is 0 Å². The minimum atomic E-state index is -0.925. The van der Waals surface area contributed by atoms with Crippen LogP contribution in [-0.2, 0) is 9.47 Å². The molecule has 0 aliphatic carbocycles. The molecular weight excluding hydrogens is 328 g/mol. The molecule has 0 spiro atoms. The molecule has 0 saturated heterocycles. The van der Waals surface area contributed by atoms with Crippen LogP contribution in [-0.4, -0.2) is 23.6 Å². The van der Waals surface area contributed by atoms with Gasteiger partial charge in [0.25, 0.3) is 0 Å². The number of hydrogen-bond donors (Lipinski definition) is 0. The van der Waals surface area contributed by atoms with Gasteiger partial charge in [0.1, 0.15) is 11.7 Å². The molecule has 0 saturated carbocycles. The largest absolute Gasteiger partial charge is 0.455 e. The average molecular weight is 354 g/mol. The van der Waals surface area contributed by atoms with Crippen molar-refractivity contribution in [2.75, 3.05) is 0 Å². The predicted molar refractivity (Wildman–Crippen MR) is 101 cm³/mol. The van der Waals surface area contributed by atoms with Crippen molar-refractivity contribution in [1.82, 2.24) is 0 Å². The molecule has 0 fully saturated rings. The summed E-state index contributed by atoms with van der Waals surface area (Å²) < 4.78 is 11.4. The van der Waals surface area contributed by atoms with E-state index in [1.807, 2.05) is 32.9 Å². The molecule has 0 bridgehead atoms. The smallest absolute Gasteiger partial charge is 0.338 e. The first-order chi connectivity index (χ1) is 12.3. The zero-order chi connectivity index (χ0) is 19.2. The molecule has 0 N–H and O–H groups in total. The lowest BCUT2D eigenvalue weighted by atomic mass is 9.89. The Hall–Kier alpha value is -2.62. The van der Waals surface area contributed by atoms with Gasteiger partial charge in [-0.05, 0) is 50.5 Å². The number of carbonyl (C=O) groups excluding carboxylic acids is 2. The molecule has 0 amide bonds. The fourth-order valence-corrected chi connectivity index (χ4v) is 2.87. The van der Waals surface area contributed by atoms with Gasteiger partial charge in [0, 0.05) is 0 Å². The minimum absolute atomic E-state index is 0.265. The third-order valence-corrected chi connectivity index (χ3v) is 4.30. The lowest BCUT2D eigenvalue weighted by Gasteiger charge is -2.36. The number of esters is 2. The highest BCUT2D eigenvalue weighted by molar-refractivity contribution is 5.90. The molecule has 2 rings (SSSR count). The van der Waals surface area contributed by atoms with Crippen LogP contribution in [0.2, 0.25) is 0 Å². The lowest BCUT2D eigenvalue weighted by Crippen LogP contribution is -2.45. The van der Waals surface area contributed by atoms with E-state index in [1.54, 1.807) is 55.5 Å². The summed E-state index contributed by atoms with van der Waals surface area (Å²) in [4.78, 5) is 24.9. The van der Waals surface area contributed by atoms with E-state index in [-0.39, 0.29) is 5.92 Å². The summed E-state index contributed by atoms with van der Waals surface area (Å²) in [6, 6.07) is 17.6. The Balaban J connectivity index is 2.16. The van der Waals surface area contributed by atoms with E-state index >= 15 is 0 Å². The van der Waals surface area contributed by atoms with E-state index < -0.39 is 23.6 Å². The molecule has 4 heteroatoms. The number of ether oxygens (including phenoxy) is 2. The van der Waals surface area contributed by atoms with Crippen LogP contribution in [0.25, 0.3) is 0 Å². The summed E-state index contributed by atoms with van der Waals surface area (Å²) >= 11 is 0. The molecule has 2 atom stereocenters. The molecular formula is C22H26O4. The number of carbonyl (C=O) groups is 2. The summed E-state index contributed by atoms with van der Waals surface area (Å²) in [5.41, 5.74) is 0.0237. The topological polar surface area (TPSA) is 52.6 Å². The normalized spacial score (nSPS) is 14.3. The number of rotatable bonds is 7. The average Bonchev–Trinajstić information content (AvgIpc) is 2.62. The van der Waals surface area contributed by atoms with Gasteiger partial charge < -0.3 is 9.47 Å². The zero-order valence-corrected chi connectivity index (χ0v) is 15.8. The van der Waals surface area contributed by atoms with Crippen LogP contribution in [0.5, 0.6) is 0 Å². The zero-order valence-electron chi connectivity index (χ0n) is 15.8. The highest BCUT2D eigenvalue weighted by Crippen LogP contribution is 2.29. The van der Waals surface area contributed by atoms with Crippen molar-refractivity contribution in [2.45, 2.75) is 45.8 Å². The van der Waals surface area contributed by atoms with E-state index in [1.165, 1.54) is 0 Å². The lowest BCUT2D eigenvalue weighted by molar-refractivity contribution is -0.0903. The monoisotopic (exact) mass is 354 g/mol. The van der Waals surface area contributed by atoms with Crippen molar-refractivity contribution in [3.8, 4) is 0 Å². The molecule has 2 aromatic rings. The maximum absolute atomic E-state index is 12.5. The molecule has 0 aromatic heterocycles. The fraction of sp³-hybridized carbons (Fsp3) is 0.364. The van der Waals surface area contributed by atoms with Gasteiger partial charge in [-0.25, -0.2) is 9.59 Å². The van der Waals surface area contributed by atoms with E-state index in [9.17, 15) is 9.59 Å². The van der Waals surface area contributed by atoms with Gasteiger partial charge in [-0.3, -0.25) is 0 Å². The highest BCUT2D eigenvalue weighted by Gasteiger charge is 2.39. The highest BCUT2D eigenvalue weighted by atomic mass is 16.6. The fourth-order valence-electron chi connectivity index (χ4n) is 2.87. The summed E-state index contributed by atoms with van der Waals surface area (Å²) in [6.45, 7) is 7.67. The molecule has 0 heterocycles. The van der Waals surface area contributed by atoms with E-state index in [4.69, 9.17) is 9.47 Å². The maximum Gasteiger partial charge on any atom is 0.338 e. The quantitative estimate of drug-likeness (QED) is 0.664. The first kappa shape index (κ1) is 19.7. The predicted octanol–water partition coefficient (Wildman–Crippen LogP) is 4.89. The molecule has 4 nitrogen and oxygen atoms in total. The van der Waals surface area contributed by atoms with Crippen molar-refractivity contribution in [1.29, 1.82) is 0 Å². The Kier molecular flexibility index (Phi) is 6.56. The second-order valence-corrected chi connectivity index (χ2v) is 7.08.